The summed E-state index contributed by atoms with van der Waals surface area (Å²) in [5.41, 5.74) is 1.90. The third kappa shape index (κ3) is 4.41. The Kier molecular flexibility index (Phi) is 4.89. The Morgan fingerprint density at radius 1 is 0.958 bits per heavy atom. The quantitative estimate of drug-likeness (QED) is 0.849. The molecule has 4 nitrogen and oxygen atoms in total. The molecule has 0 atom stereocenters. The maximum atomic E-state index is 13.5. The molecule has 0 radical (unpaired) electrons. The van der Waals surface area contributed by atoms with Gasteiger partial charge in [-0.05, 0) is 55.2 Å². The van der Waals surface area contributed by atoms with E-state index in [4.69, 9.17) is 0 Å². The molecule has 0 aliphatic heterocycles. The molecular weight excluding hydrogens is 307 g/mol. The van der Waals surface area contributed by atoms with Crippen molar-refractivity contribution >= 4 is 23.2 Å². The molecule has 1 saturated carbocycles. The van der Waals surface area contributed by atoms with Crippen LogP contribution >= 0.6 is 0 Å². The number of hydrogen-bond acceptors (Lipinski definition) is 2. The molecular formula is C19H19FN2O2. The van der Waals surface area contributed by atoms with Gasteiger partial charge in [0.15, 0.2) is 0 Å². The molecule has 0 unspecified atom stereocenters. The molecule has 3 rings (SSSR count). The van der Waals surface area contributed by atoms with Gasteiger partial charge in [-0.15, -0.1) is 0 Å². The minimum atomic E-state index is -0.291. The normalized spacial score (nSPS) is 13.4. The van der Waals surface area contributed by atoms with E-state index < -0.39 is 0 Å². The second kappa shape index (κ2) is 7.25. The first-order valence-corrected chi connectivity index (χ1v) is 8.06. The van der Waals surface area contributed by atoms with Crippen LogP contribution in [0.1, 0.15) is 24.8 Å². The molecule has 2 amide bonds. The Hall–Kier alpha value is -2.69. The highest BCUT2D eigenvalue weighted by Gasteiger charge is 2.29. The standard InChI is InChI=1S/C19H19FN2O2/c20-17-4-2-1-3-13(17)7-12-18(23)21-15-8-10-16(11-9-15)22-19(24)14-5-6-14/h1-4,8-11,14H,5-7,12H2,(H,21,23)(H,22,24). The Balaban J connectivity index is 1.49. The zero-order chi connectivity index (χ0) is 16.9. The summed E-state index contributed by atoms with van der Waals surface area (Å²) in [4.78, 5) is 23.6. The number of carbonyl (C=O) groups excluding carboxylic acids is 2. The summed E-state index contributed by atoms with van der Waals surface area (Å²) in [6.45, 7) is 0. The summed E-state index contributed by atoms with van der Waals surface area (Å²) < 4.78 is 13.5. The zero-order valence-corrected chi connectivity index (χ0v) is 13.2. The van der Waals surface area contributed by atoms with Gasteiger partial charge in [-0.3, -0.25) is 9.59 Å². The highest BCUT2D eigenvalue weighted by molar-refractivity contribution is 5.95. The van der Waals surface area contributed by atoms with E-state index in [0.29, 0.717) is 17.7 Å². The van der Waals surface area contributed by atoms with E-state index in [0.717, 1.165) is 18.5 Å². The fourth-order valence-electron chi connectivity index (χ4n) is 2.40. The van der Waals surface area contributed by atoms with E-state index in [1.54, 1.807) is 42.5 Å². The van der Waals surface area contributed by atoms with Gasteiger partial charge in [0.25, 0.3) is 0 Å². The molecule has 0 heterocycles. The van der Waals surface area contributed by atoms with Crippen LogP contribution in [0.5, 0.6) is 0 Å². The summed E-state index contributed by atoms with van der Waals surface area (Å²) in [5.74, 6) is -0.256. The fraction of sp³-hybridized carbons (Fsp3) is 0.263. The van der Waals surface area contributed by atoms with Crippen molar-refractivity contribution in [1.82, 2.24) is 0 Å². The topological polar surface area (TPSA) is 58.2 Å². The average Bonchev–Trinajstić information content (AvgIpc) is 3.41. The van der Waals surface area contributed by atoms with Crippen LogP contribution in [-0.2, 0) is 16.0 Å². The maximum Gasteiger partial charge on any atom is 0.227 e. The molecule has 0 aromatic heterocycles. The monoisotopic (exact) mass is 326 g/mol. The summed E-state index contributed by atoms with van der Waals surface area (Å²) in [5, 5.41) is 5.62. The van der Waals surface area contributed by atoms with E-state index in [1.165, 1.54) is 6.07 Å². The first-order valence-electron chi connectivity index (χ1n) is 8.06. The van der Waals surface area contributed by atoms with Crippen LogP contribution in [0.25, 0.3) is 0 Å². The number of nitrogens with one attached hydrogen (secondary N) is 2. The molecule has 0 spiro atoms. The van der Waals surface area contributed by atoms with Gasteiger partial charge < -0.3 is 10.6 Å². The van der Waals surface area contributed by atoms with E-state index >= 15 is 0 Å². The number of anilines is 2. The first-order chi connectivity index (χ1) is 11.6. The molecule has 1 aliphatic carbocycles. The highest BCUT2D eigenvalue weighted by Crippen LogP contribution is 2.30. The Morgan fingerprint density at radius 3 is 2.21 bits per heavy atom. The molecule has 2 aromatic carbocycles. The Bertz CT molecular complexity index is 739. The van der Waals surface area contributed by atoms with Crippen molar-refractivity contribution in [2.24, 2.45) is 5.92 Å². The van der Waals surface area contributed by atoms with Crippen LogP contribution < -0.4 is 10.6 Å². The summed E-state index contributed by atoms with van der Waals surface area (Å²) in [6, 6.07) is 13.4. The van der Waals surface area contributed by atoms with Gasteiger partial charge in [0.2, 0.25) is 11.8 Å². The molecule has 5 heteroatoms. The van der Waals surface area contributed by atoms with Crippen molar-refractivity contribution in [3.63, 3.8) is 0 Å². The molecule has 124 valence electrons. The molecule has 2 aromatic rings. The van der Waals surface area contributed by atoms with E-state index in [1.807, 2.05) is 0 Å². The lowest BCUT2D eigenvalue weighted by atomic mass is 10.1. The molecule has 0 saturated heterocycles. The number of halogens is 1. The van der Waals surface area contributed by atoms with E-state index in [9.17, 15) is 14.0 Å². The number of hydrogen-bond donors (Lipinski definition) is 2. The lowest BCUT2D eigenvalue weighted by Crippen LogP contribution is -2.14. The SMILES string of the molecule is O=C(CCc1ccccc1F)Nc1ccc(NC(=O)C2CC2)cc1. The van der Waals surface area contributed by atoms with Gasteiger partial charge >= 0.3 is 0 Å². The Morgan fingerprint density at radius 2 is 1.58 bits per heavy atom. The van der Waals surface area contributed by atoms with Crippen molar-refractivity contribution in [2.45, 2.75) is 25.7 Å². The molecule has 0 bridgehead atoms. The van der Waals surface area contributed by atoms with Crippen LogP contribution in [0.15, 0.2) is 48.5 Å². The van der Waals surface area contributed by atoms with Crippen LogP contribution in [0.4, 0.5) is 15.8 Å². The minimum Gasteiger partial charge on any atom is -0.326 e. The minimum absolute atomic E-state index is 0.0525. The average molecular weight is 326 g/mol. The van der Waals surface area contributed by atoms with Crippen molar-refractivity contribution in [2.75, 3.05) is 10.6 Å². The maximum absolute atomic E-state index is 13.5. The number of benzene rings is 2. The Labute approximate surface area is 140 Å². The number of amides is 2. The van der Waals surface area contributed by atoms with Crippen LogP contribution in [0, 0.1) is 11.7 Å². The molecule has 24 heavy (non-hydrogen) atoms. The van der Waals surface area contributed by atoms with Gasteiger partial charge in [-0.25, -0.2) is 4.39 Å². The number of rotatable bonds is 6. The van der Waals surface area contributed by atoms with Gasteiger partial charge in [-0.2, -0.15) is 0 Å². The van der Waals surface area contributed by atoms with Gasteiger partial charge in [0.1, 0.15) is 5.82 Å². The summed E-state index contributed by atoms with van der Waals surface area (Å²) in [7, 11) is 0. The molecule has 1 aliphatic rings. The predicted molar refractivity (Wildman–Crippen MR) is 91.1 cm³/mol. The van der Waals surface area contributed by atoms with Crippen LogP contribution in [0.3, 0.4) is 0 Å². The zero-order valence-electron chi connectivity index (χ0n) is 13.2. The lowest BCUT2D eigenvalue weighted by Gasteiger charge is -2.08. The van der Waals surface area contributed by atoms with E-state index in [-0.39, 0.29) is 30.0 Å². The molecule has 2 N–H and O–H groups in total. The number of aryl methyl sites for hydroxylation is 1. The second-order valence-electron chi connectivity index (χ2n) is 5.98. The van der Waals surface area contributed by atoms with Gasteiger partial charge in [0, 0.05) is 23.7 Å². The summed E-state index contributed by atoms with van der Waals surface area (Å²) >= 11 is 0. The third-order valence-electron chi connectivity index (χ3n) is 3.96. The number of carbonyl (C=O) groups is 2. The highest BCUT2D eigenvalue weighted by atomic mass is 19.1. The van der Waals surface area contributed by atoms with Crippen LogP contribution in [0.2, 0.25) is 0 Å². The second-order valence-corrected chi connectivity index (χ2v) is 5.98. The smallest absolute Gasteiger partial charge is 0.227 e. The fourth-order valence-corrected chi connectivity index (χ4v) is 2.40. The lowest BCUT2D eigenvalue weighted by molar-refractivity contribution is -0.117. The van der Waals surface area contributed by atoms with Crippen molar-refractivity contribution in [3.8, 4) is 0 Å². The van der Waals surface area contributed by atoms with E-state index in [2.05, 4.69) is 10.6 Å². The van der Waals surface area contributed by atoms with Crippen molar-refractivity contribution in [3.05, 3.63) is 59.9 Å². The third-order valence-corrected chi connectivity index (χ3v) is 3.96. The summed E-state index contributed by atoms with van der Waals surface area (Å²) in [6.07, 6.45) is 2.49. The van der Waals surface area contributed by atoms with Crippen molar-refractivity contribution in [1.29, 1.82) is 0 Å². The molecule has 1 fully saturated rings. The van der Waals surface area contributed by atoms with Crippen molar-refractivity contribution < 1.29 is 14.0 Å². The predicted octanol–water partition coefficient (Wildman–Crippen LogP) is 3.75. The van der Waals surface area contributed by atoms with Gasteiger partial charge in [-0.1, -0.05) is 18.2 Å². The van der Waals surface area contributed by atoms with Gasteiger partial charge in [0.05, 0.1) is 0 Å². The van der Waals surface area contributed by atoms with Crippen LogP contribution in [-0.4, -0.2) is 11.8 Å². The first kappa shape index (κ1) is 16.2. The largest absolute Gasteiger partial charge is 0.326 e.